The maximum Gasteiger partial charge on any atom is 0.124 e. The van der Waals surface area contributed by atoms with Crippen LogP contribution in [0, 0.1) is 13.8 Å². The molecule has 0 amide bonds. The lowest BCUT2D eigenvalue weighted by Gasteiger charge is -2.05. The number of nitrogens with zero attached hydrogens (tertiary/aromatic N) is 1. The molecule has 0 saturated heterocycles. The third-order valence-electron chi connectivity index (χ3n) is 2.67. The summed E-state index contributed by atoms with van der Waals surface area (Å²) in [5.41, 5.74) is 6.62. The number of para-hydroxylation sites is 1. The zero-order valence-corrected chi connectivity index (χ0v) is 10.5. The van der Waals surface area contributed by atoms with Crippen LogP contribution in [0.1, 0.15) is 16.7 Å². The third kappa shape index (κ3) is 2.88. The van der Waals surface area contributed by atoms with E-state index in [-0.39, 0.29) is 5.75 Å². The van der Waals surface area contributed by atoms with Gasteiger partial charge in [-0.1, -0.05) is 24.3 Å². The molecule has 0 spiro atoms. The van der Waals surface area contributed by atoms with E-state index in [9.17, 15) is 5.11 Å². The second kappa shape index (κ2) is 5.36. The maximum atomic E-state index is 9.85. The second-order valence-corrected chi connectivity index (χ2v) is 4.25. The molecule has 0 heterocycles. The fraction of sp³-hybridized carbons (Fsp3) is 0.133. The molecule has 2 N–H and O–H groups in total. The molecule has 0 aliphatic heterocycles. The molecule has 2 aromatic rings. The van der Waals surface area contributed by atoms with Gasteiger partial charge in [0.1, 0.15) is 5.75 Å². The molecule has 0 aliphatic rings. The zero-order chi connectivity index (χ0) is 13.0. The first-order valence-corrected chi connectivity index (χ1v) is 5.81. The van der Waals surface area contributed by atoms with Gasteiger partial charge in [0.25, 0.3) is 0 Å². The Labute approximate surface area is 107 Å². The van der Waals surface area contributed by atoms with Gasteiger partial charge >= 0.3 is 0 Å². The van der Waals surface area contributed by atoms with Crippen LogP contribution >= 0.6 is 0 Å². The Morgan fingerprint density at radius 2 is 1.83 bits per heavy atom. The van der Waals surface area contributed by atoms with E-state index in [0.29, 0.717) is 0 Å². The van der Waals surface area contributed by atoms with Crippen LogP contribution in [-0.4, -0.2) is 11.3 Å². The molecule has 0 fully saturated rings. The highest BCUT2D eigenvalue weighted by atomic mass is 16.3. The molecule has 0 aromatic heterocycles. The molecule has 0 unspecified atom stereocenters. The molecule has 0 aliphatic carbocycles. The average Bonchev–Trinajstić information content (AvgIpc) is 2.34. The fourth-order valence-electron chi connectivity index (χ4n) is 1.81. The Balaban J connectivity index is 2.15. The minimum Gasteiger partial charge on any atom is -0.507 e. The molecule has 0 saturated carbocycles. The summed E-state index contributed by atoms with van der Waals surface area (Å²) >= 11 is 0. The molecule has 18 heavy (non-hydrogen) atoms. The summed E-state index contributed by atoms with van der Waals surface area (Å²) in [5.74, 6) is 0.256. The number of phenols is 1. The van der Waals surface area contributed by atoms with Crippen LogP contribution in [0.15, 0.2) is 47.6 Å². The van der Waals surface area contributed by atoms with Gasteiger partial charge in [0.05, 0.1) is 11.9 Å². The van der Waals surface area contributed by atoms with Crippen molar-refractivity contribution in [2.24, 2.45) is 5.10 Å². The highest BCUT2D eigenvalue weighted by molar-refractivity contribution is 5.86. The van der Waals surface area contributed by atoms with Crippen molar-refractivity contribution in [2.45, 2.75) is 13.8 Å². The lowest BCUT2D eigenvalue weighted by molar-refractivity contribution is 0.473. The van der Waals surface area contributed by atoms with Crippen LogP contribution in [-0.2, 0) is 0 Å². The second-order valence-electron chi connectivity index (χ2n) is 4.25. The third-order valence-corrected chi connectivity index (χ3v) is 2.67. The van der Waals surface area contributed by atoms with Gasteiger partial charge in [0.2, 0.25) is 0 Å². The Hall–Kier alpha value is -2.29. The van der Waals surface area contributed by atoms with Crippen LogP contribution in [0.3, 0.4) is 0 Å². The van der Waals surface area contributed by atoms with Crippen LogP contribution < -0.4 is 5.43 Å². The number of hydrogen-bond acceptors (Lipinski definition) is 3. The molecule has 2 rings (SSSR count). The summed E-state index contributed by atoms with van der Waals surface area (Å²) in [7, 11) is 0. The zero-order valence-electron chi connectivity index (χ0n) is 10.5. The lowest BCUT2D eigenvalue weighted by Crippen LogP contribution is -1.93. The molecular formula is C15H16N2O. The molecular weight excluding hydrogens is 224 g/mol. The number of phenolic OH excluding ortho intramolecular Hbond substituents is 1. The highest BCUT2D eigenvalue weighted by Gasteiger charge is 2.03. The quantitative estimate of drug-likeness (QED) is 0.637. The maximum absolute atomic E-state index is 9.85. The molecule has 0 bridgehead atoms. The van der Waals surface area contributed by atoms with Crippen molar-refractivity contribution in [3.05, 3.63) is 59.2 Å². The standard InChI is InChI=1S/C15H16N2O/c1-11-8-12(2)14(15(18)9-11)10-16-17-13-6-4-3-5-7-13/h3-10,17-18H,1-2H3. The topological polar surface area (TPSA) is 44.6 Å². The highest BCUT2D eigenvalue weighted by Crippen LogP contribution is 2.21. The van der Waals surface area contributed by atoms with E-state index in [4.69, 9.17) is 0 Å². The fourth-order valence-corrected chi connectivity index (χ4v) is 1.81. The number of hydrazone groups is 1. The Bertz CT molecular complexity index is 539. The molecule has 0 atom stereocenters. The van der Waals surface area contributed by atoms with E-state index in [0.717, 1.165) is 22.4 Å². The van der Waals surface area contributed by atoms with Gasteiger partial charge in [-0.25, -0.2) is 0 Å². The minimum absolute atomic E-state index is 0.256. The van der Waals surface area contributed by atoms with E-state index in [1.807, 2.05) is 50.2 Å². The molecule has 3 heteroatoms. The first-order valence-electron chi connectivity index (χ1n) is 5.81. The number of hydrogen-bond donors (Lipinski definition) is 2. The SMILES string of the molecule is Cc1cc(C)c(C=NNc2ccccc2)c(O)c1. The lowest BCUT2D eigenvalue weighted by atomic mass is 10.1. The van der Waals surface area contributed by atoms with Crippen LogP contribution in [0.2, 0.25) is 0 Å². The van der Waals surface area contributed by atoms with E-state index >= 15 is 0 Å². The predicted octanol–water partition coefficient (Wildman–Crippen LogP) is 3.46. The van der Waals surface area contributed by atoms with Crippen molar-refractivity contribution in [3.63, 3.8) is 0 Å². The Kier molecular flexibility index (Phi) is 3.63. The van der Waals surface area contributed by atoms with Crippen molar-refractivity contribution in [1.29, 1.82) is 0 Å². The number of aryl methyl sites for hydroxylation is 2. The summed E-state index contributed by atoms with van der Waals surface area (Å²) in [5, 5.41) is 14.0. The van der Waals surface area contributed by atoms with Crippen LogP contribution in [0.25, 0.3) is 0 Å². The summed E-state index contributed by atoms with van der Waals surface area (Å²) in [6.07, 6.45) is 1.64. The minimum atomic E-state index is 0.256. The number of aromatic hydroxyl groups is 1. The van der Waals surface area contributed by atoms with Gasteiger partial charge in [-0.2, -0.15) is 5.10 Å². The number of anilines is 1. The van der Waals surface area contributed by atoms with Crippen molar-refractivity contribution < 1.29 is 5.11 Å². The Morgan fingerprint density at radius 3 is 2.50 bits per heavy atom. The summed E-state index contributed by atoms with van der Waals surface area (Å²) in [6, 6.07) is 13.4. The average molecular weight is 240 g/mol. The monoisotopic (exact) mass is 240 g/mol. The van der Waals surface area contributed by atoms with Gasteiger partial charge < -0.3 is 5.11 Å². The van der Waals surface area contributed by atoms with Crippen molar-refractivity contribution in [2.75, 3.05) is 5.43 Å². The van der Waals surface area contributed by atoms with Gasteiger partial charge in [-0.3, -0.25) is 5.43 Å². The number of rotatable bonds is 3. The van der Waals surface area contributed by atoms with Gasteiger partial charge in [0, 0.05) is 5.56 Å². The van der Waals surface area contributed by atoms with Crippen molar-refractivity contribution >= 4 is 11.9 Å². The summed E-state index contributed by atoms with van der Waals surface area (Å²) < 4.78 is 0. The van der Waals surface area contributed by atoms with E-state index < -0.39 is 0 Å². The smallest absolute Gasteiger partial charge is 0.124 e. The van der Waals surface area contributed by atoms with Crippen LogP contribution in [0.5, 0.6) is 5.75 Å². The van der Waals surface area contributed by atoms with Crippen LogP contribution in [0.4, 0.5) is 5.69 Å². The van der Waals surface area contributed by atoms with Gasteiger partial charge in [0.15, 0.2) is 0 Å². The first-order chi connectivity index (χ1) is 8.66. The van der Waals surface area contributed by atoms with Gasteiger partial charge in [-0.15, -0.1) is 0 Å². The van der Waals surface area contributed by atoms with E-state index in [2.05, 4.69) is 10.5 Å². The summed E-state index contributed by atoms with van der Waals surface area (Å²) in [6.45, 7) is 3.91. The number of nitrogens with one attached hydrogen (secondary N) is 1. The predicted molar refractivity (Wildman–Crippen MR) is 75.2 cm³/mol. The molecule has 2 aromatic carbocycles. The molecule has 92 valence electrons. The largest absolute Gasteiger partial charge is 0.507 e. The normalized spacial score (nSPS) is 10.8. The molecule has 0 radical (unpaired) electrons. The van der Waals surface area contributed by atoms with Gasteiger partial charge in [-0.05, 0) is 43.2 Å². The first kappa shape index (κ1) is 12.2. The summed E-state index contributed by atoms with van der Waals surface area (Å²) in [4.78, 5) is 0. The number of benzene rings is 2. The Morgan fingerprint density at radius 1 is 1.11 bits per heavy atom. The van der Waals surface area contributed by atoms with E-state index in [1.54, 1.807) is 12.3 Å². The molecule has 3 nitrogen and oxygen atoms in total. The van der Waals surface area contributed by atoms with Crippen molar-refractivity contribution in [1.82, 2.24) is 0 Å². The van der Waals surface area contributed by atoms with E-state index in [1.165, 1.54) is 0 Å². The van der Waals surface area contributed by atoms with Crippen molar-refractivity contribution in [3.8, 4) is 5.75 Å².